The highest BCUT2D eigenvalue weighted by Gasteiger charge is 2.05. The van der Waals surface area contributed by atoms with E-state index in [1.54, 1.807) is 0 Å². The lowest BCUT2D eigenvalue weighted by molar-refractivity contribution is 0.0662. The van der Waals surface area contributed by atoms with Crippen LogP contribution in [0, 0.1) is 6.92 Å². The Labute approximate surface area is 51.9 Å². The second kappa shape index (κ2) is 1.93. The van der Waals surface area contributed by atoms with Crippen molar-refractivity contribution in [2.24, 2.45) is 0 Å². The molecule has 1 aromatic rings. The first-order valence-electron chi connectivity index (χ1n) is 2.34. The normalized spacial score (nSPS) is 9.44. The van der Waals surface area contributed by atoms with E-state index in [2.05, 4.69) is 11.3 Å². The average molecular weight is 125 g/mol. The van der Waals surface area contributed by atoms with Crippen LogP contribution in [-0.2, 0) is 0 Å². The molecule has 0 bridgehead atoms. The summed E-state index contributed by atoms with van der Waals surface area (Å²) in [5, 5.41) is 8.28. The fourth-order valence-corrected chi connectivity index (χ4v) is 0.488. The van der Waals surface area contributed by atoms with Crippen LogP contribution in [0.15, 0.2) is 16.7 Å². The molecule has 1 aromatic heterocycles. The number of hydrogen-bond acceptors (Lipinski definition) is 2. The zero-order valence-corrected chi connectivity index (χ0v) is 4.63. The van der Waals surface area contributed by atoms with Gasteiger partial charge in [-0.2, -0.15) is 0 Å². The first kappa shape index (κ1) is 5.88. The van der Waals surface area contributed by atoms with E-state index in [1.165, 1.54) is 12.3 Å². The molecule has 9 heavy (non-hydrogen) atoms. The van der Waals surface area contributed by atoms with E-state index in [-0.39, 0.29) is 5.76 Å². The molecular formula is C6H5O3. The SMILES string of the molecule is [CH2]c1coc(C(=O)O)c1. The highest BCUT2D eigenvalue weighted by molar-refractivity contribution is 5.84. The molecule has 0 aliphatic carbocycles. The maximum absolute atomic E-state index is 10.1. The van der Waals surface area contributed by atoms with Crippen LogP contribution in [0.3, 0.4) is 0 Å². The zero-order valence-electron chi connectivity index (χ0n) is 4.63. The second-order valence-corrected chi connectivity index (χ2v) is 1.62. The summed E-state index contributed by atoms with van der Waals surface area (Å²) in [6.07, 6.45) is 1.30. The Morgan fingerprint density at radius 2 is 2.44 bits per heavy atom. The van der Waals surface area contributed by atoms with Gasteiger partial charge in [0.25, 0.3) is 0 Å². The number of carbonyl (C=O) groups is 1. The Morgan fingerprint density at radius 1 is 1.78 bits per heavy atom. The van der Waals surface area contributed by atoms with Gasteiger partial charge in [-0.15, -0.1) is 0 Å². The molecular weight excluding hydrogens is 120 g/mol. The van der Waals surface area contributed by atoms with E-state index in [4.69, 9.17) is 5.11 Å². The molecule has 0 saturated heterocycles. The Bertz CT molecular complexity index is 224. The summed E-state index contributed by atoms with van der Waals surface area (Å²) in [6, 6.07) is 1.36. The predicted molar refractivity (Wildman–Crippen MR) is 30.1 cm³/mol. The van der Waals surface area contributed by atoms with Crippen molar-refractivity contribution in [1.29, 1.82) is 0 Å². The third-order valence-corrected chi connectivity index (χ3v) is 0.865. The molecule has 0 aromatic carbocycles. The second-order valence-electron chi connectivity index (χ2n) is 1.62. The molecule has 0 fully saturated rings. The molecule has 0 amide bonds. The molecule has 0 unspecified atom stereocenters. The summed E-state index contributed by atoms with van der Waals surface area (Å²) in [7, 11) is 0. The fourth-order valence-electron chi connectivity index (χ4n) is 0.488. The minimum absolute atomic E-state index is 0.0694. The van der Waals surface area contributed by atoms with Crippen molar-refractivity contribution in [2.75, 3.05) is 0 Å². The van der Waals surface area contributed by atoms with Gasteiger partial charge in [-0.3, -0.25) is 0 Å². The zero-order chi connectivity index (χ0) is 6.85. The number of rotatable bonds is 1. The van der Waals surface area contributed by atoms with Crippen LogP contribution in [0.25, 0.3) is 0 Å². The molecule has 0 saturated carbocycles. The number of carboxylic acid groups (broad SMARTS) is 1. The van der Waals surface area contributed by atoms with Gasteiger partial charge in [0.1, 0.15) is 0 Å². The van der Waals surface area contributed by atoms with E-state index >= 15 is 0 Å². The number of furan rings is 1. The number of hydrogen-bond donors (Lipinski definition) is 1. The van der Waals surface area contributed by atoms with Gasteiger partial charge in [0.05, 0.1) is 6.26 Å². The van der Waals surface area contributed by atoms with Gasteiger partial charge in [0.2, 0.25) is 5.76 Å². The summed E-state index contributed by atoms with van der Waals surface area (Å²) in [6.45, 7) is 3.47. The highest BCUT2D eigenvalue weighted by Crippen LogP contribution is 2.04. The number of carboxylic acids is 1. The van der Waals surface area contributed by atoms with E-state index in [9.17, 15) is 4.79 Å². The Kier molecular flexibility index (Phi) is 1.26. The Hall–Kier alpha value is -1.25. The molecule has 1 rings (SSSR count). The van der Waals surface area contributed by atoms with Crippen molar-refractivity contribution in [3.8, 4) is 0 Å². The standard InChI is InChI=1S/C6H5O3/c1-4-2-5(6(7)8)9-3-4/h2-3H,1H2,(H,7,8). The summed E-state index contributed by atoms with van der Waals surface area (Å²) < 4.78 is 4.56. The number of aromatic carboxylic acids is 1. The monoisotopic (exact) mass is 125 g/mol. The van der Waals surface area contributed by atoms with Crippen LogP contribution in [0.5, 0.6) is 0 Å². The molecule has 0 aliphatic heterocycles. The van der Waals surface area contributed by atoms with Crippen LogP contribution in [0.4, 0.5) is 0 Å². The Morgan fingerprint density at radius 3 is 2.67 bits per heavy atom. The van der Waals surface area contributed by atoms with Crippen molar-refractivity contribution in [3.05, 3.63) is 30.6 Å². The van der Waals surface area contributed by atoms with Crippen LogP contribution in [0.1, 0.15) is 16.1 Å². The Balaban J connectivity index is 2.98. The van der Waals surface area contributed by atoms with Crippen LogP contribution in [-0.4, -0.2) is 11.1 Å². The molecule has 3 heteroatoms. The quantitative estimate of drug-likeness (QED) is 0.612. The van der Waals surface area contributed by atoms with E-state index in [0.29, 0.717) is 5.56 Å². The van der Waals surface area contributed by atoms with Gasteiger partial charge >= 0.3 is 5.97 Å². The smallest absolute Gasteiger partial charge is 0.371 e. The lowest BCUT2D eigenvalue weighted by Crippen LogP contribution is -1.91. The molecule has 1 heterocycles. The van der Waals surface area contributed by atoms with Gasteiger partial charge < -0.3 is 9.52 Å². The lowest BCUT2D eigenvalue weighted by atomic mass is 10.3. The largest absolute Gasteiger partial charge is 0.475 e. The maximum Gasteiger partial charge on any atom is 0.371 e. The van der Waals surface area contributed by atoms with Gasteiger partial charge in [0, 0.05) is 0 Å². The van der Waals surface area contributed by atoms with Crippen LogP contribution < -0.4 is 0 Å². The average Bonchev–Trinajstić information content (AvgIpc) is 2.14. The molecule has 3 nitrogen and oxygen atoms in total. The van der Waals surface area contributed by atoms with Crippen molar-refractivity contribution < 1.29 is 14.3 Å². The molecule has 1 N–H and O–H groups in total. The van der Waals surface area contributed by atoms with Gasteiger partial charge in [-0.05, 0) is 18.6 Å². The first-order valence-corrected chi connectivity index (χ1v) is 2.34. The third-order valence-electron chi connectivity index (χ3n) is 0.865. The highest BCUT2D eigenvalue weighted by atomic mass is 16.4. The molecule has 0 atom stereocenters. The van der Waals surface area contributed by atoms with Crippen LogP contribution in [0.2, 0.25) is 0 Å². The molecule has 0 spiro atoms. The third kappa shape index (κ3) is 1.10. The van der Waals surface area contributed by atoms with Crippen molar-refractivity contribution in [1.82, 2.24) is 0 Å². The van der Waals surface area contributed by atoms with E-state index < -0.39 is 5.97 Å². The predicted octanol–water partition coefficient (Wildman–Crippen LogP) is 1.16. The molecule has 1 radical (unpaired) electrons. The lowest BCUT2D eigenvalue weighted by Gasteiger charge is -1.79. The minimum Gasteiger partial charge on any atom is -0.475 e. The van der Waals surface area contributed by atoms with Crippen LogP contribution >= 0.6 is 0 Å². The summed E-state index contributed by atoms with van der Waals surface area (Å²) >= 11 is 0. The molecule has 47 valence electrons. The van der Waals surface area contributed by atoms with Crippen molar-refractivity contribution in [3.63, 3.8) is 0 Å². The van der Waals surface area contributed by atoms with Gasteiger partial charge in [-0.25, -0.2) is 4.79 Å². The van der Waals surface area contributed by atoms with Crippen molar-refractivity contribution >= 4 is 5.97 Å². The maximum atomic E-state index is 10.1. The first-order chi connectivity index (χ1) is 4.20. The summed E-state index contributed by atoms with van der Waals surface area (Å²) in [5.74, 6) is -1.13. The summed E-state index contributed by atoms with van der Waals surface area (Å²) in [4.78, 5) is 10.1. The van der Waals surface area contributed by atoms with Crippen molar-refractivity contribution in [2.45, 2.75) is 0 Å². The topological polar surface area (TPSA) is 50.4 Å². The van der Waals surface area contributed by atoms with Gasteiger partial charge in [-0.1, -0.05) is 0 Å². The van der Waals surface area contributed by atoms with E-state index in [0.717, 1.165) is 0 Å². The summed E-state index contributed by atoms with van der Waals surface area (Å²) in [5.41, 5.74) is 0.576. The van der Waals surface area contributed by atoms with Gasteiger partial charge in [0.15, 0.2) is 0 Å². The van der Waals surface area contributed by atoms with E-state index in [1.807, 2.05) is 0 Å². The fraction of sp³-hybridized carbons (Fsp3) is 0. The minimum atomic E-state index is -1.06. The molecule has 0 aliphatic rings.